The van der Waals surface area contributed by atoms with Crippen LogP contribution in [0.4, 0.5) is 0 Å². The van der Waals surface area contributed by atoms with E-state index in [2.05, 4.69) is 15.3 Å². The number of amides is 1. The lowest BCUT2D eigenvalue weighted by molar-refractivity contribution is -0.130. The van der Waals surface area contributed by atoms with Crippen molar-refractivity contribution in [2.75, 3.05) is 13.2 Å². The molecule has 1 aromatic carbocycles. The highest BCUT2D eigenvalue weighted by Gasteiger charge is 2.26. The maximum Gasteiger partial charge on any atom is 0.264 e. The number of rotatable bonds is 4. The molecule has 2 aromatic rings. The Balaban J connectivity index is 1.50. The molecule has 1 unspecified atom stereocenters. The number of benzene rings is 1. The van der Waals surface area contributed by atoms with E-state index in [1.165, 1.54) is 0 Å². The molecule has 0 radical (unpaired) electrons. The molecule has 0 spiro atoms. The zero-order valence-corrected chi connectivity index (χ0v) is 11.4. The van der Waals surface area contributed by atoms with E-state index in [0.29, 0.717) is 24.5 Å². The molecular formula is C15H15N3O3. The van der Waals surface area contributed by atoms with Crippen LogP contribution in [0.3, 0.4) is 0 Å². The Hall–Kier alpha value is -2.63. The molecule has 1 atom stereocenters. The zero-order chi connectivity index (χ0) is 14.5. The summed E-state index contributed by atoms with van der Waals surface area (Å²) in [7, 11) is 0. The van der Waals surface area contributed by atoms with Gasteiger partial charge in [0.1, 0.15) is 6.61 Å². The smallest absolute Gasteiger partial charge is 0.264 e. The maximum absolute atomic E-state index is 12.0. The van der Waals surface area contributed by atoms with Crippen LogP contribution in [0.25, 0.3) is 0 Å². The molecule has 2 heterocycles. The van der Waals surface area contributed by atoms with Gasteiger partial charge in [0, 0.05) is 31.6 Å². The number of carbonyl (C=O) groups excluding carboxylic acids is 1. The van der Waals surface area contributed by atoms with Gasteiger partial charge in [-0.25, -0.2) is 0 Å². The van der Waals surface area contributed by atoms with Crippen LogP contribution in [0.2, 0.25) is 0 Å². The number of nitrogens with one attached hydrogen (secondary N) is 1. The lowest BCUT2D eigenvalue weighted by Gasteiger charge is -2.25. The molecule has 6 heteroatoms. The van der Waals surface area contributed by atoms with Gasteiger partial charge in [0.15, 0.2) is 11.5 Å². The van der Waals surface area contributed by atoms with Crippen LogP contribution in [0.5, 0.6) is 11.5 Å². The number of aromatic nitrogens is 2. The van der Waals surface area contributed by atoms with E-state index in [1.54, 1.807) is 24.7 Å². The summed E-state index contributed by atoms with van der Waals surface area (Å²) >= 11 is 0. The summed E-state index contributed by atoms with van der Waals surface area (Å²) in [5, 5.41) is 2.82. The van der Waals surface area contributed by atoms with Crippen LogP contribution >= 0.6 is 0 Å². The predicted molar refractivity (Wildman–Crippen MR) is 75.1 cm³/mol. The summed E-state index contributed by atoms with van der Waals surface area (Å²) in [5.41, 5.74) is 0.837. The van der Waals surface area contributed by atoms with Crippen molar-refractivity contribution in [1.29, 1.82) is 0 Å². The molecule has 3 rings (SSSR count). The summed E-state index contributed by atoms with van der Waals surface area (Å²) in [6.45, 7) is 0.701. The summed E-state index contributed by atoms with van der Waals surface area (Å²) in [4.78, 5) is 20.2. The molecule has 1 N–H and O–H groups in total. The van der Waals surface area contributed by atoms with Gasteiger partial charge >= 0.3 is 0 Å². The maximum atomic E-state index is 12.0. The number of ether oxygens (including phenoxy) is 2. The second-order valence-electron chi connectivity index (χ2n) is 4.60. The highest BCUT2D eigenvalue weighted by molar-refractivity contribution is 5.81. The third-order valence-electron chi connectivity index (χ3n) is 3.10. The third kappa shape index (κ3) is 3.28. The molecule has 0 aliphatic carbocycles. The van der Waals surface area contributed by atoms with Crippen molar-refractivity contribution in [2.45, 2.75) is 12.5 Å². The summed E-state index contributed by atoms with van der Waals surface area (Å²) in [6.07, 6.45) is 4.94. The first-order valence-corrected chi connectivity index (χ1v) is 6.74. The number of para-hydroxylation sites is 2. The molecule has 1 amide bonds. The molecular weight excluding hydrogens is 270 g/mol. The minimum atomic E-state index is -0.623. The fraction of sp³-hybridized carbons (Fsp3) is 0.267. The van der Waals surface area contributed by atoms with Gasteiger partial charge in [0.2, 0.25) is 6.10 Å². The van der Waals surface area contributed by atoms with Crippen molar-refractivity contribution in [3.8, 4) is 11.5 Å². The quantitative estimate of drug-likeness (QED) is 0.906. The Bertz CT molecular complexity index is 619. The molecule has 21 heavy (non-hydrogen) atoms. The summed E-state index contributed by atoms with van der Waals surface area (Å²) in [6, 6.07) is 7.31. The van der Waals surface area contributed by atoms with E-state index in [0.717, 1.165) is 5.69 Å². The molecule has 0 fully saturated rings. The third-order valence-corrected chi connectivity index (χ3v) is 3.10. The Morgan fingerprint density at radius 3 is 2.95 bits per heavy atom. The second kappa shape index (κ2) is 6.21. The molecule has 1 aromatic heterocycles. The number of fused-ring (bicyclic) bond motifs is 1. The largest absolute Gasteiger partial charge is 0.485 e. The monoisotopic (exact) mass is 285 g/mol. The SMILES string of the molecule is O=C(NCCc1cnccn1)C1COc2ccccc2O1. The first-order chi connectivity index (χ1) is 10.3. The van der Waals surface area contributed by atoms with Gasteiger partial charge in [0.25, 0.3) is 5.91 Å². The van der Waals surface area contributed by atoms with Crippen molar-refractivity contribution in [1.82, 2.24) is 15.3 Å². The summed E-state index contributed by atoms with van der Waals surface area (Å²) < 4.78 is 11.1. The molecule has 0 saturated heterocycles. The van der Waals surface area contributed by atoms with E-state index in [-0.39, 0.29) is 12.5 Å². The fourth-order valence-corrected chi connectivity index (χ4v) is 2.04. The molecule has 1 aliphatic heterocycles. The van der Waals surface area contributed by atoms with Crippen molar-refractivity contribution < 1.29 is 14.3 Å². The number of hydrogen-bond acceptors (Lipinski definition) is 5. The van der Waals surface area contributed by atoms with E-state index in [1.807, 2.05) is 18.2 Å². The van der Waals surface area contributed by atoms with Gasteiger partial charge in [-0.3, -0.25) is 14.8 Å². The van der Waals surface area contributed by atoms with Crippen LogP contribution in [0, 0.1) is 0 Å². The Morgan fingerprint density at radius 1 is 1.29 bits per heavy atom. The normalized spacial score (nSPS) is 16.3. The first-order valence-electron chi connectivity index (χ1n) is 6.74. The highest BCUT2D eigenvalue weighted by Crippen LogP contribution is 2.30. The van der Waals surface area contributed by atoms with Gasteiger partial charge in [-0.05, 0) is 12.1 Å². The lowest BCUT2D eigenvalue weighted by atomic mass is 10.2. The first kappa shape index (κ1) is 13.4. The van der Waals surface area contributed by atoms with Crippen LogP contribution < -0.4 is 14.8 Å². The van der Waals surface area contributed by atoms with E-state index >= 15 is 0 Å². The molecule has 1 aliphatic rings. The number of carbonyl (C=O) groups is 1. The zero-order valence-electron chi connectivity index (χ0n) is 11.4. The second-order valence-corrected chi connectivity index (χ2v) is 4.60. The molecule has 6 nitrogen and oxygen atoms in total. The van der Waals surface area contributed by atoms with Gasteiger partial charge in [-0.15, -0.1) is 0 Å². The van der Waals surface area contributed by atoms with E-state index in [4.69, 9.17) is 9.47 Å². The van der Waals surface area contributed by atoms with Crippen LogP contribution in [-0.2, 0) is 11.2 Å². The lowest BCUT2D eigenvalue weighted by Crippen LogP contribution is -2.44. The Kier molecular flexibility index (Phi) is 3.95. The average molecular weight is 285 g/mol. The minimum Gasteiger partial charge on any atom is -0.485 e. The topological polar surface area (TPSA) is 73.3 Å². The fourth-order valence-electron chi connectivity index (χ4n) is 2.04. The van der Waals surface area contributed by atoms with Crippen LogP contribution in [0.1, 0.15) is 5.69 Å². The average Bonchev–Trinajstić information content (AvgIpc) is 2.55. The standard InChI is InChI=1S/C15H15N3O3/c19-15(18-6-5-11-9-16-7-8-17-11)14-10-20-12-3-1-2-4-13(12)21-14/h1-4,7-9,14H,5-6,10H2,(H,18,19). The van der Waals surface area contributed by atoms with Gasteiger partial charge in [-0.2, -0.15) is 0 Å². The molecule has 108 valence electrons. The Morgan fingerprint density at radius 2 is 2.14 bits per heavy atom. The van der Waals surface area contributed by atoms with Crippen molar-refractivity contribution >= 4 is 5.91 Å². The van der Waals surface area contributed by atoms with Crippen molar-refractivity contribution in [3.63, 3.8) is 0 Å². The summed E-state index contributed by atoms with van der Waals surface area (Å²) in [5.74, 6) is 1.08. The van der Waals surface area contributed by atoms with Crippen molar-refractivity contribution in [2.24, 2.45) is 0 Å². The number of hydrogen-bond donors (Lipinski definition) is 1. The predicted octanol–water partition coefficient (Wildman–Crippen LogP) is 0.975. The van der Waals surface area contributed by atoms with Gasteiger partial charge in [0.05, 0.1) is 5.69 Å². The minimum absolute atomic E-state index is 0.187. The van der Waals surface area contributed by atoms with Crippen molar-refractivity contribution in [3.05, 3.63) is 48.5 Å². The van der Waals surface area contributed by atoms with E-state index < -0.39 is 6.10 Å². The highest BCUT2D eigenvalue weighted by atomic mass is 16.6. The molecule has 0 saturated carbocycles. The number of nitrogens with zero attached hydrogens (tertiary/aromatic N) is 2. The van der Waals surface area contributed by atoms with E-state index in [9.17, 15) is 4.79 Å². The van der Waals surface area contributed by atoms with Gasteiger partial charge in [-0.1, -0.05) is 12.1 Å². The Labute approximate surface area is 122 Å². The van der Waals surface area contributed by atoms with Crippen LogP contribution in [-0.4, -0.2) is 35.1 Å². The van der Waals surface area contributed by atoms with Crippen LogP contribution in [0.15, 0.2) is 42.9 Å². The van der Waals surface area contributed by atoms with Gasteiger partial charge < -0.3 is 14.8 Å². The molecule has 0 bridgehead atoms.